The molecule has 0 N–H and O–H groups in total. The van der Waals surface area contributed by atoms with Crippen molar-refractivity contribution < 1.29 is 12.9 Å². The maximum Gasteiger partial charge on any atom is 0.270 e. The second kappa shape index (κ2) is 3.38. The Bertz CT molecular complexity index is 529. The van der Waals surface area contributed by atoms with Crippen LogP contribution in [-0.4, -0.2) is 13.6 Å². The van der Waals surface area contributed by atoms with Gasteiger partial charge in [0.2, 0.25) is 0 Å². The first-order valence-corrected chi connectivity index (χ1v) is 6.65. The minimum absolute atomic E-state index is 0.108. The molecule has 2 rings (SSSR count). The van der Waals surface area contributed by atoms with Gasteiger partial charge in [-0.2, -0.15) is 0 Å². The van der Waals surface area contributed by atoms with Gasteiger partial charge < -0.3 is 4.52 Å². The molecule has 0 aliphatic heterocycles. The lowest BCUT2D eigenvalue weighted by atomic mass is 10.3. The molecule has 0 amide bonds. The summed E-state index contributed by atoms with van der Waals surface area (Å²) in [6, 6.07) is 4.73. The molecule has 2 aromatic rings. The minimum atomic E-state index is -3.64. The summed E-state index contributed by atoms with van der Waals surface area (Å²) in [6.45, 7) is 0. The molecule has 0 aliphatic carbocycles. The highest BCUT2D eigenvalue weighted by atomic mass is 35.7. The lowest BCUT2D eigenvalue weighted by molar-refractivity contribution is 0.422. The summed E-state index contributed by atoms with van der Waals surface area (Å²) in [5.41, 5.74) is 0.599. The molecule has 0 atom stereocenters. The predicted molar refractivity (Wildman–Crippen MR) is 52.9 cm³/mol. The largest absolute Gasteiger partial charge is 0.364 e. The van der Waals surface area contributed by atoms with Crippen LogP contribution in [0.3, 0.4) is 0 Å². The summed E-state index contributed by atoms with van der Waals surface area (Å²) in [7, 11) is 1.53. The van der Waals surface area contributed by atoms with E-state index in [4.69, 9.17) is 10.7 Å². The molecule has 2 heterocycles. The Balaban J connectivity index is 2.46. The first-order valence-electron chi connectivity index (χ1n) is 3.52. The predicted octanol–water partition coefficient (Wildman–Crippen LogP) is 2.33. The fourth-order valence-electron chi connectivity index (χ4n) is 0.928. The summed E-state index contributed by atoms with van der Waals surface area (Å²) in [6.07, 6.45) is 1.42. The van der Waals surface area contributed by atoms with Crippen LogP contribution < -0.4 is 0 Å². The molecule has 0 aliphatic rings. The Morgan fingerprint density at radius 2 is 2.14 bits per heavy atom. The summed E-state index contributed by atoms with van der Waals surface area (Å²) in [5.74, 6) is 0. The smallest absolute Gasteiger partial charge is 0.270 e. The highest BCUT2D eigenvalue weighted by Gasteiger charge is 2.14. The fourth-order valence-corrected chi connectivity index (χ4v) is 2.96. The van der Waals surface area contributed by atoms with E-state index in [1.165, 1.54) is 12.3 Å². The molecular formula is C7H4ClNO3S2. The van der Waals surface area contributed by atoms with E-state index in [1.54, 1.807) is 12.1 Å². The van der Waals surface area contributed by atoms with Gasteiger partial charge in [0.1, 0.15) is 16.2 Å². The van der Waals surface area contributed by atoms with Crippen molar-refractivity contribution in [2.24, 2.45) is 0 Å². The van der Waals surface area contributed by atoms with Crippen LogP contribution in [-0.2, 0) is 9.05 Å². The molecule has 0 fully saturated rings. The molecule has 2 aromatic heterocycles. The Hall–Kier alpha value is -0.850. The first-order chi connectivity index (χ1) is 6.57. The number of hydrogen-bond donors (Lipinski definition) is 0. The molecule has 0 saturated carbocycles. The van der Waals surface area contributed by atoms with Crippen LogP contribution in [0.2, 0.25) is 0 Å². The van der Waals surface area contributed by atoms with Crippen molar-refractivity contribution in [2.75, 3.05) is 0 Å². The average molecular weight is 250 g/mol. The van der Waals surface area contributed by atoms with Gasteiger partial charge in [0, 0.05) is 16.7 Å². The number of aromatic nitrogens is 1. The van der Waals surface area contributed by atoms with Crippen molar-refractivity contribution in [3.8, 4) is 10.6 Å². The molecule has 74 valence electrons. The first kappa shape index (κ1) is 9.70. The summed E-state index contributed by atoms with van der Waals surface area (Å²) < 4.78 is 26.6. The normalized spacial score (nSPS) is 11.8. The van der Waals surface area contributed by atoms with Crippen LogP contribution in [0.4, 0.5) is 0 Å². The van der Waals surface area contributed by atoms with Crippen LogP contribution in [0.25, 0.3) is 10.6 Å². The zero-order chi connectivity index (χ0) is 10.2. The third-order valence-corrected chi connectivity index (χ3v) is 4.71. The lowest BCUT2D eigenvalue weighted by Crippen LogP contribution is -1.83. The minimum Gasteiger partial charge on any atom is -0.364 e. The maximum atomic E-state index is 10.9. The van der Waals surface area contributed by atoms with Crippen molar-refractivity contribution in [3.05, 3.63) is 24.5 Å². The quantitative estimate of drug-likeness (QED) is 0.767. The number of hydrogen-bond acceptors (Lipinski definition) is 5. The number of thiophene rings is 1. The zero-order valence-electron chi connectivity index (χ0n) is 6.68. The van der Waals surface area contributed by atoms with Gasteiger partial charge in [0.05, 0.1) is 4.88 Å². The van der Waals surface area contributed by atoms with E-state index in [0.29, 0.717) is 10.6 Å². The van der Waals surface area contributed by atoms with Gasteiger partial charge >= 0.3 is 0 Å². The standard InChI is InChI=1S/C7H4ClNO3S2/c8-14(10,11)7-2-1-6(13-7)5-3-4-12-9-5/h1-4H. The molecule has 0 radical (unpaired) electrons. The molecule has 0 saturated heterocycles. The van der Waals surface area contributed by atoms with Gasteiger partial charge in [-0.25, -0.2) is 8.42 Å². The molecular weight excluding hydrogens is 246 g/mol. The van der Waals surface area contributed by atoms with Gasteiger partial charge in [0.15, 0.2) is 0 Å². The molecule has 4 nitrogen and oxygen atoms in total. The summed E-state index contributed by atoms with van der Waals surface area (Å²) in [4.78, 5) is 0.706. The van der Waals surface area contributed by atoms with E-state index < -0.39 is 9.05 Å². The molecule has 14 heavy (non-hydrogen) atoms. The van der Waals surface area contributed by atoms with E-state index in [-0.39, 0.29) is 4.21 Å². The van der Waals surface area contributed by atoms with Crippen molar-refractivity contribution in [2.45, 2.75) is 4.21 Å². The zero-order valence-corrected chi connectivity index (χ0v) is 9.06. The number of nitrogens with zero attached hydrogens (tertiary/aromatic N) is 1. The maximum absolute atomic E-state index is 10.9. The van der Waals surface area contributed by atoms with Crippen molar-refractivity contribution in [1.82, 2.24) is 5.16 Å². The van der Waals surface area contributed by atoms with Crippen LogP contribution >= 0.6 is 22.0 Å². The Morgan fingerprint density at radius 3 is 2.64 bits per heavy atom. The van der Waals surface area contributed by atoms with E-state index in [1.807, 2.05) is 0 Å². The molecule has 7 heteroatoms. The number of rotatable bonds is 2. The van der Waals surface area contributed by atoms with Crippen LogP contribution in [0.15, 0.2) is 33.2 Å². The third kappa shape index (κ3) is 1.82. The summed E-state index contributed by atoms with van der Waals surface area (Å²) >= 11 is 1.06. The Kier molecular flexibility index (Phi) is 2.34. The average Bonchev–Trinajstić information content (AvgIpc) is 2.73. The second-order valence-electron chi connectivity index (χ2n) is 2.44. The Labute approximate surface area is 88.5 Å². The topological polar surface area (TPSA) is 60.2 Å². The monoisotopic (exact) mass is 249 g/mol. The molecule has 0 bridgehead atoms. The van der Waals surface area contributed by atoms with E-state index in [2.05, 4.69) is 9.68 Å². The van der Waals surface area contributed by atoms with Crippen molar-refractivity contribution in [3.63, 3.8) is 0 Å². The van der Waals surface area contributed by atoms with Crippen LogP contribution in [0.5, 0.6) is 0 Å². The summed E-state index contributed by atoms with van der Waals surface area (Å²) in [5, 5.41) is 3.68. The third-order valence-electron chi connectivity index (χ3n) is 1.51. The highest BCUT2D eigenvalue weighted by Crippen LogP contribution is 2.31. The van der Waals surface area contributed by atoms with E-state index in [0.717, 1.165) is 11.3 Å². The van der Waals surface area contributed by atoms with Gasteiger partial charge in [-0.3, -0.25) is 0 Å². The van der Waals surface area contributed by atoms with E-state index >= 15 is 0 Å². The van der Waals surface area contributed by atoms with Gasteiger partial charge in [0.25, 0.3) is 9.05 Å². The SMILES string of the molecule is O=S(=O)(Cl)c1ccc(-c2ccon2)s1. The lowest BCUT2D eigenvalue weighted by Gasteiger charge is -1.86. The number of halogens is 1. The highest BCUT2D eigenvalue weighted by molar-refractivity contribution is 8.15. The van der Waals surface area contributed by atoms with Crippen LogP contribution in [0.1, 0.15) is 0 Å². The van der Waals surface area contributed by atoms with E-state index in [9.17, 15) is 8.42 Å². The second-order valence-corrected chi connectivity index (χ2v) is 6.32. The molecule has 0 unspecified atom stereocenters. The molecule has 0 spiro atoms. The molecule has 0 aromatic carbocycles. The van der Waals surface area contributed by atoms with Gasteiger partial charge in [-0.15, -0.1) is 11.3 Å². The van der Waals surface area contributed by atoms with Gasteiger partial charge in [-0.1, -0.05) is 5.16 Å². The fraction of sp³-hybridized carbons (Fsp3) is 0. The van der Waals surface area contributed by atoms with Crippen molar-refractivity contribution >= 4 is 31.1 Å². The van der Waals surface area contributed by atoms with Crippen LogP contribution in [0, 0.1) is 0 Å². The van der Waals surface area contributed by atoms with Crippen molar-refractivity contribution in [1.29, 1.82) is 0 Å². The Morgan fingerprint density at radius 1 is 1.36 bits per heavy atom. The van der Waals surface area contributed by atoms with Gasteiger partial charge in [-0.05, 0) is 12.1 Å².